The molecule has 0 fully saturated rings. The number of hydrogen-bond acceptors (Lipinski definition) is 1. The molecule has 2 heteroatoms. The van der Waals surface area contributed by atoms with Gasteiger partial charge in [0.2, 0.25) is 0 Å². The van der Waals surface area contributed by atoms with Crippen molar-refractivity contribution in [3.8, 4) is 0 Å². The van der Waals surface area contributed by atoms with Gasteiger partial charge in [-0.25, -0.2) is 0 Å². The van der Waals surface area contributed by atoms with Crippen LogP contribution in [0.4, 0.5) is 0 Å². The van der Waals surface area contributed by atoms with Gasteiger partial charge in [-0.2, -0.15) is 0 Å². The van der Waals surface area contributed by atoms with Gasteiger partial charge in [0.1, 0.15) is 0 Å². The summed E-state index contributed by atoms with van der Waals surface area (Å²) in [4.78, 5) is 0. The molecule has 18 heavy (non-hydrogen) atoms. The molecular formula is C16H28NP. The average molecular weight is 265 g/mol. The number of hydrogen-bond donors (Lipinski definition) is 0. The van der Waals surface area contributed by atoms with Crippen LogP contribution in [0.15, 0.2) is 24.3 Å². The van der Waals surface area contributed by atoms with Gasteiger partial charge in [0.15, 0.2) is 0 Å². The molecule has 0 spiro atoms. The van der Waals surface area contributed by atoms with E-state index in [0.717, 1.165) is 0 Å². The van der Waals surface area contributed by atoms with Gasteiger partial charge in [0.05, 0.1) is 0 Å². The quantitative estimate of drug-likeness (QED) is 0.696. The van der Waals surface area contributed by atoms with E-state index in [4.69, 9.17) is 0 Å². The van der Waals surface area contributed by atoms with Crippen molar-refractivity contribution in [2.45, 2.75) is 52.2 Å². The molecule has 0 aliphatic rings. The van der Waals surface area contributed by atoms with Crippen LogP contribution in [0.1, 0.15) is 45.7 Å². The molecule has 1 rings (SSSR count). The first-order chi connectivity index (χ1) is 8.06. The van der Waals surface area contributed by atoms with Crippen molar-refractivity contribution in [3.05, 3.63) is 35.4 Å². The molecule has 0 saturated heterocycles. The summed E-state index contributed by atoms with van der Waals surface area (Å²) in [7, 11) is 2.03. The minimum Gasteiger partial charge on any atom is -0.279 e. The fourth-order valence-electron chi connectivity index (χ4n) is 1.97. The van der Waals surface area contributed by atoms with E-state index in [-0.39, 0.29) is 18.8 Å². The van der Waals surface area contributed by atoms with Crippen LogP contribution in [0.3, 0.4) is 0 Å². The molecule has 0 aliphatic heterocycles. The summed E-state index contributed by atoms with van der Waals surface area (Å²) < 4.78 is 2.53. The Labute approximate surface area is 114 Å². The van der Waals surface area contributed by atoms with Crippen molar-refractivity contribution in [1.29, 1.82) is 0 Å². The SMILES string of the molecule is Cc1ccc(C(C)(C)P(C)N(C)C(C)(C)C)cc1. The van der Waals surface area contributed by atoms with Crippen LogP contribution >= 0.6 is 8.07 Å². The van der Waals surface area contributed by atoms with Crippen LogP contribution in [0.2, 0.25) is 0 Å². The summed E-state index contributed by atoms with van der Waals surface area (Å²) in [6.45, 7) is 16.1. The van der Waals surface area contributed by atoms with Gasteiger partial charge in [0, 0.05) is 10.7 Å². The van der Waals surface area contributed by atoms with Gasteiger partial charge in [-0.15, -0.1) is 0 Å². The smallest absolute Gasteiger partial charge is 0.0228 e. The number of benzene rings is 1. The van der Waals surface area contributed by atoms with E-state index >= 15 is 0 Å². The van der Waals surface area contributed by atoms with Crippen molar-refractivity contribution in [2.75, 3.05) is 13.7 Å². The first-order valence-corrected chi connectivity index (χ1v) is 8.35. The fourth-order valence-corrected chi connectivity index (χ4v) is 4.15. The second-order valence-corrected chi connectivity index (χ2v) is 9.41. The third-order valence-electron chi connectivity index (χ3n) is 3.99. The molecular weight excluding hydrogens is 237 g/mol. The lowest BCUT2D eigenvalue weighted by Crippen LogP contribution is -2.37. The molecule has 0 saturated carbocycles. The Bertz CT molecular complexity index is 387. The average Bonchev–Trinajstić information content (AvgIpc) is 2.26. The predicted molar refractivity (Wildman–Crippen MR) is 84.6 cm³/mol. The van der Waals surface area contributed by atoms with Crippen LogP contribution < -0.4 is 0 Å². The molecule has 1 atom stereocenters. The lowest BCUT2D eigenvalue weighted by atomic mass is 10.0. The standard InChI is InChI=1S/C16H28NP/c1-13-9-11-14(12-10-13)16(5,6)18(8)17(7)15(2,3)4/h9-12H,1-8H3. The first kappa shape index (κ1) is 15.7. The van der Waals surface area contributed by atoms with Crippen LogP contribution in [0.25, 0.3) is 0 Å². The second kappa shape index (κ2) is 5.31. The summed E-state index contributed by atoms with van der Waals surface area (Å²) >= 11 is 0. The van der Waals surface area contributed by atoms with E-state index in [1.807, 2.05) is 0 Å². The van der Waals surface area contributed by atoms with Crippen molar-refractivity contribution >= 4 is 8.07 Å². The van der Waals surface area contributed by atoms with Crippen LogP contribution in [-0.2, 0) is 5.16 Å². The predicted octanol–water partition coefficient (Wildman–Crippen LogP) is 4.99. The Morgan fingerprint density at radius 3 is 1.78 bits per heavy atom. The van der Waals surface area contributed by atoms with Crippen LogP contribution in [-0.4, -0.2) is 23.9 Å². The zero-order valence-corrected chi connectivity index (χ0v) is 14.1. The highest BCUT2D eigenvalue weighted by molar-refractivity contribution is 7.55. The van der Waals surface area contributed by atoms with E-state index in [9.17, 15) is 0 Å². The van der Waals surface area contributed by atoms with E-state index in [0.29, 0.717) is 0 Å². The molecule has 0 heterocycles. The monoisotopic (exact) mass is 265 g/mol. The second-order valence-electron chi connectivity index (χ2n) is 6.64. The minimum atomic E-state index is -0.226. The molecule has 0 N–H and O–H groups in total. The Kier molecular flexibility index (Phi) is 4.62. The normalized spacial score (nSPS) is 14.9. The van der Waals surface area contributed by atoms with E-state index in [1.165, 1.54) is 11.1 Å². The zero-order valence-electron chi connectivity index (χ0n) is 13.2. The van der Waals surface area contributed by atoms with Crippen molar-refractivity contribution in [1.82, 2.24) is 4.67 Å². The van der Waals surface area contributed by atoms with E-state index in [1.54, 1.807) is 0 Å². The van der Waals surface area contributed by atoms with Gasteiger partial charge in [-0.1, -0.05) is 43.7 Å². The Hall–Kier alpha value is -0.390. The molecule has 0 radical (unpaired) electrons. The number of rotatable bonds is 3. The first-order valence-electron chi connectivity index (χ1n) is 6.61. The molecule has 102 valence electrons. The Morgan fingerprint density at radius 1 is 0.944 bits per heavy atom. The topological polar surface area (TPSA) is 3.24 Å². The molecule has 1 nitrogen and oxygen atoms in total. The maximum absolute atomic E-state index is 2.53. The highest BCUT2D eigenvalue weighted by atomic mass is 31.1. The summed E-state index contributed by atoms with van der Waals surface area (Å²) in [5, 5.41) is 0.213. The molecule has 1 aromatic rings. The third-order valence-corrected chi connectivity index (χ3v) is 7.36. The maximum atomic E-state index is 2.53. The molecule has 1 unspecified atom stereocenters. The van der Waals surface area contributed by atoms with Gasteiger partial charge in [0.25, 0.3) is 0 Å². The zero-order chi connectivity index (χ0) is 14.1. The van der Waals surface area contributed by atoms with E-state index < -0.39 is 0 Å². The largest absolute Gasteiger partial charge is 0.279 e. The molecule has 1 aromatic carbocycles. The van der Waals surface area contributed by atoms with E-state index in [2.05, 4.69) is 84.2 Å². The van der Waals surface area contributed by atoms with Crippen molar-refractivity contribution < 1.29 is 0 Å². The van der Waals surface area contributed by atoms with Gasteiger partial charge in [-0.05, 0) is 55.0 Å². The summed E-state index contributed by atoms with van der Waals surface area (Å²) in [5.74, 6) is 0. The molecule has 0 aromatic heterocycles. The Morgan fingerprint density at radius 2 is 1.39 bits per heavy atom. The highest BCUT2D eigenvalue weighted by Crippen LogP contribution is 2.56. The van der Waals surface area contributed by atoms with Crippen molar-refractivity contribution in [2.24, 2.45) is 0 Å². The summed E-state index contributed by atoms with van der Waals surface area (Å²) in [5.41, 5.74) is 3.00. The molecule has 0 amide bonds. The molecule has 0 aliphatic carbocycles. The van der Waals surface area contributed by atoms with Gasteiger partial charge >= 0.3 is 0 Å². The number of nitrogens with zero attached hydrogens (tertiary/aromatic N) is 1. The maximum Gasteiger partial charge on any atom is 0.0228 e. The third kappa shape index (κ3) is 3.33. The lowest BCUT2D eigenvalue weighted by Gasteiger charge is -2.45. The lowest BCUT2D eigenvalue weighted by molar-refractivity contribution is 0.303. The summed E-state index contributed by atoms with van der Waals surface area (Å²) in [6, 6.07) is 9.00. The van der Waals surface area contributed by atoms with Crippen molar-refractivity contribution in [3.63, 3.8) is 0 Å². The fraction of sp³-hybridized carbons (Fsp3) is 0.625. The van der Waals surface area contributed by atoms with Gasteiger partial charge in [-0.3, -0.25) is 4.67 Å². The van der Waals surface area contributed by atoms with Gasteiger partial charge < -0.3 is 0 Å². The summed E-state index contributed by atoms with van der Waals surface area (Å²) in [6.07, 6.45) is 0. The van der Waals surface area contributed by atoms with Crippen LogP contribution in [0.5, 0.6) is 0 Å². The molecule has 0 bridgehead atoms. The number of aryl methyl sites for hydroxylation is 1. The minimum absolute atomic E-state index is 0.213. The highest BCUT2D eigenvalue weighted by Gasteiger charge is 2.34. The Balaban J connectivity index is 3.02. The van der Waals surface area contributed by atoms with Crippen LogP contribution in [0, 0.1) is 6.92 Å².